The van der Waals surface area contributed by atoms with Gasteiger partial charge in [-0.15, -0.1) is 0 Å². The summed E-state index contributed by atoms with van der Waals surface area (Å²) in [6.45, 7) is 0.290. The molecule has 1 heterocycles. The molecule has 108 valence electrons. The van der Waals surface area contributed by atoms with Gasteiger partial charge in [0.25, 0.3) is 0 Å². The lowest BCUT2D eigenvalue weighted by Gasteiger charge is -2.27. The second-order valence-corrected chi connectivity index (χ2v) is 5.65. The molecule has 0 saturated carbocycles. The Bertz CT molecular complexity index is 718. The number of rotatable bonds is 2. The van der Waals surface area contributed by atoms with E-state index in [0.717, 1.165) is 22.3 Å². The standard InChI is InChI=1S/C15H12BrF2N3/c16-9-2-1-3-11(6-9)21-14(8-20-15(21)19)12-7-10(17)4-5-13(12)18/h1-7,14H,8H2,(H2,19,20). The summed E-state index contributed by atoms with van der Waals surface area (Å²) in [6, 6.07) is 10.4. The number of guanidine groups is 1. The van der Waals surface area contributed by atoms with Crippen molar-refractivity contribution in [1.82, 2.24) is 0 Å². The molecular weight excluding hydrogens is 340 g/mol. The predicted octanol–water partition coefficient (Wildman–Crippen LogP) is 3.60. The maximum absolute atomic E-state index is 14.0. The smallest absolute Gasteiger partial charge is 0.196 e. The molecule has 1 atom stereocenters. The molecule has 3 nitrogen and oxygen atoms in total. The molecule has 0 amide bonds. The van der Waals surface area contributed by atoms with Crippen LogP contribution < -0.4 is 10.6 Å². The molecular formula is C15H12BrF2N3. The Balaban J connectivity index is 2.05. The molecule has 0 spiro atoms. The van der Waals surface area contributed by atoms with Gasteiger partial charge in [0, 0.05) is 15.7 Å². The van der Waals surface area contributed by atoms with Crippen LogP contribution in [0.1, 0.15) is 11.6 Å². The van der Waals surface area contributed by atoms with Crippen LogP contribution in [0.5, 0.6) is 0 Å². The van der Waals surface area contributed by atoms with Gasteiger partial charge in [-0.1, -0.05) is 22.0 Å². The Morgan fingerprint density at radius 1 is 1.19 bits per heavy atom. The monoisotopic (exact) mass is 351 g/mol. The molecule has 0 aliphatic carbocycles. The summed E-state index contributed by atoms with van der Waals surface area (Å²) in [4.78, 5) is 5.88. The molecule has 0 saturated heterocycles. The molecule has 1 aliphatic heterocycles. The van der Waals surface area contributed by atoms with E-state index in [0.29, 0.717) is 12.5 Å². The summed E-state index contributed by atoms with van der Waals surface area (Å²) in [5, 5.41) is 0. The van der Waals surface area contributed by atoms with E-state index in [1.807, 2.05) is 24.3 Å². The van der Waals surface area contributed by atoms with Gasteiger partial charge in [0.15, 0.2) is 5.96 Å². The van der Waals surface area contributed by atoms with Crippen molar-refractivity contribution in [3.8, 4) is 0 Å². The number of nitrogens with zero attached hydrogens (tertiary/aromatic N) is 2. The lowest BCUT2D eigenvalue weighted by Crippen LogP contribution is -2.36. The van der Waals surface area contributed by atoms with Crippen LogP contribution in [0, 0.1) is 11.6 Å². The summed E-state index contributed by atoms with van der Waals surface area (Å²) in [6.07, 6.45) is 0. The zero-order valence-corrected chi connectivity index (χ0v) is 12.5. The third kappa shape index (κ3) is 2.63. The quantitative estimate of drug-likeness (QED) is 0.897. The van der Waals surface area contributed by atoms with E-state index in [4.69, 9.17) is 5.73 Å². The number of aliphatic imine (C=N–C) groups is 1. The maximum atomic E-state index is 14.0. The lowest BCUT2D eigenvalue weighted by molar-refractivity contribution is 0.568. The van der Waals surface area contributed by atoms with Crippen molar-refractivity contribution in [2.45, 2.75) is 6.04 Å². The van der Waals surface area contributed by atoms with Crippen molar-refractivity contribution in [2.24, 2.45) is 10.7 Å². The fourth-order valence-corrected chi connectivity index (χ4v) is 2.83. The molecule has 3 rings (SSSR count). The normalized spacial score (nSPS) is 18.0. The van der Waals surface area contributed by atoms with Crippen molar-refractivity contribution in [2.75, 3.05) is 11.4 Å². The highest BCUT2D eigenvalue weighted by Crippen LogP contribution is 2.33. The number of hydrogen-bond acceptors (Lipinski definition) is 3. The summed E-state index contributed by atoms with van der Waals surface area (Å²) in [7, 11) is 0. The first kappa shape index (κ1) is 14.0. The van der Waals surface area contributed by atoms with Gasteiger partial charge >= 0.3 is 0 Å². The lowest BCUT2D eigenvalue weighted by atomic mass is 10.0. The van der Waals surface area contributed by atoms with E-state index < -0.39 is 17.7 Å². The molecule has 0 radical (unpaired) electrons. The first-order chi connectivity index (χ1) is 10.1. The van der Waals surface area contributed by atoms with Gasteiger partial charge in [-0.2, -0.15) is 0 Å². The van der Waals surface area contributed by atoms with Crippen LogP contribution in [0.25, 0.3) is 0 Å². The Morgan fingerprint density at radius 3 is 2.76 bits per heavy atom. The highest BCUT2D eigenvalue weighted by Gasteiger charge is 2.31. The van der Waals surface area contributed by atoms with Crippen LogP contribution in [0.4, 0.5) is 14.5 Å². The SMILES string of the molecule is NC1=NCC(c2cc(F)ccc2F)N1c1cccc(Br)c1. The van der Waals surface area contributed by atoms with E-state index in [-0.39, 0.29) is 5.56 Å². The van der Waals surface area contributed by atoms with Crippen LogP contribution in [0.3, 0.4) is 0 Å². The van der Waals surface area contributed by atoms with E-state index in [1.165, 1.54) is 6.07 Å². The summed E-state index contributed by atoms with van der Waals surface area (Å²) < 4.78 is 28.3. The van der Waals surface area contributed by atoms with E-state index >= 15 is 0 Å². The van der Waals surface area contributed by atoms with Crippen LogP contribution in [0.2, 0.25) is 0 Å². The first-order valence-corrected chi connectivity index (χ1v) is 7.15. The summed E-state index contributed by atoms with van der Waals surface area (Å²) in [5.74, 6) is -0.654. The van der Waals surface area contributed by atoms with Gasteiger partial charge in [0.1, 0.15) is 11.6 Å². The molecule has 2 N–H and O–H groups in total. The van der Waals surface area contributed by atoms with Gasteiger partial charge in [-0.3, -0.25) is 4.99 Å². The van der Waals surface area contributed by atoms with Crippen molar-refractivity contribution in [3.63, 3.8) is 0 Å². The van der Waals surface area contributed by atoms with Crippen molar-refractivity contribution >= 4 is 27.6 Å². The number of nitrogens with two attached hydrogens (primary N) is 1. The van der Waals surface area contributed by atoms with E-state index in [1.54, 1.807) is 4.90 Å². The van der Waals surface area contributed by atoms with Crippen LogP contribution in [0.15, 0.2) is 51.9 Å². The molecule has 2 aromatic rings. The fourth-order valence-electron chi connectivity index (χ4n) is 2.44. The molecule has 1 aliphatic rings. The number of anilines is 1. The van der Waals surface area contributed by atoms with Crippen molar-refractivity contribution in [1.29, 1.82) is 0 Å². The third-order valence-electron chi connectivity index (χ3n) is 3.39. The average Bonchev–Trinajstić information content (AvgIpc) is 2.83. The second kappa shape index (κ2) is 5.44. The largest absolute Gasteiger partial charge is 0.369 e. The van der Waals surface area contributed by atoms with Gasteiger partial charge in [-0.05, 0) is 36.4 Å². The summed E-state index contributed by atoms with van der Waals surface area (Å²) in [5.41, 5.74) is 6.95. The van der Waals surface area contributed by atoms with Crippen molar-refractivity contribution < 1.29 is 8.78 Å². The molecule has 0 fully saturated rings. The minimum Gasteiger partial charge on any atom is -0.369 e. The Kier molecular flexibility index (Phi) is 3.63. The number of hydrogen-bond donors (Lipinski definition) is 1. The van der Waals surface area contributed by atoms with E-state index in [9.17, 15) is 8.78 Å². The van der Waals surface area contributed by atoms with Crippen LogP contribution in [-0.2, 0) is 0 Å². The highest BCUT2D eigenvalue weighted by atomic mass is 79.9. The minimum absolute atomic E-state index is 0.249. The highest BCUT2D eigenvalue weighted by molar-refractivity contribution is 9.10. The van der Waals surface area contributed by atoms with Crippen LogP contribution in [-0.4, -0.2) is 12.5 Å². The number of benzene rings is 2. The van der Waals surface area contributed by atoms with Gasteiger partial charge in [-0.25, -0.2) is 8.78 Å². The molecule has 0 bridgehead atoms. The Labute approximate surface area is 129 Å². The molecule has 0 aromatic heterocycles. The zero-order valence-electron chi connectivity index (χ0n) is 10.9. The Hall–Kier alpha value is -1.95. The maximum Gasteiger partial charge on any atom is 0.196 e. The second-order valence-electron chi connectivity index (χ2n) is 4.73. The zero-order chi connectivity index (χ0) is 15.0. The molecule has 2 aromatic carbocycles. The van der Waals surface area contributed by atoms with E-state index in [2.05, 4.69) is 20.9 Å². The third-order valence-corrected chi connectivity index (χ3v) is 3.88. The molecule has 1 unspecified atom stereocenters. The van der Waals surface area contributed by atoms with Gasteiger partial charge in [0.05, 0.1) is 12.6 Å². The topological polar surface area (TPSA) is 41.6 Å². The predicted molar refractivity (Wildman–Crippen MR) is 82.2 cm³/mol. The Morgan fingerprint density at radius 2 is 2.00 bits per heavy atom. The number of halogens is 3. The average molecular weight is 352 g/mol. The minimum atomic E-state index is -0.480. The fraction of sp³-hybridized carbons (Fsp3) is 0.133. The van der Waals surface area contributed by atoms with Gasteiger partial charge < -0.3 is 10.6 Å². The van der Waals surface area contributed by atoms with Gasteiger partial charge in [0.2, 0.25) is 0 Å². The summed E-state index contributed by atoms with van der Waals surface area (Å²) >= 11 is 3.39. The first-order valence-electron chi connectivity index (χ1n) is 6.36. The van der Waals surface area contributed by atoms with Crippen LogP contribution >= 0.6 is 15.9 Å². The molecule has 6 heteroatoms. The molecule has 21 heavy (non-hydrogen) atoms. The van der Waals surface area contributed by atoms with Crippen molar-refractivity contribution in [3.05, 3.63) is 64.1 Å².